The highest BCUT2D eigenvalue weighted by molar-refractivity contribution is 5.22. The maximum Gasteiger partial charge on any atom is 0.123 e. The molecular weight excluding hydrogens is 203 g/mol. The lowest BCUT2D eigenvalue weighted by atomic mass is 10.1. The maximum atomic E-state index is 12.8. The van der Waals surface area contributed by atoms with Crippen molar-refractivity contribution in [1.29, 1.82) is 0 Å². The molecule has 1 aliphatic rings. The third-order valence-electron chi connectivity index (χ3n) is 3.10. The van der Waals surface area contributed by atoms with Gasteiger partial charge in [0.05, 0.1) is 6.04 Å². The SMILES string of the molecule is Fc1ccc([C@H]2Cn3cccc3CN2)cc1. The Morgan fingerprint density at radius 2 is 2.00 bits per heavy atom. The molecule has 2 nitrogen and oxygen atoms in total. The molecule has 0 saturated heterocycles. The number of nitrogens with zero attached hydrogens (tertiary/aromatic N) is 1. The van der Waals surface area contributed by atoms with Crippen LogP contribution < -0.4 is 5.32 Å². The first-order chi connectivity index (χ1) is 7.83. The average Bonchev–Trinajstić information content (AvgIpc) is 2.77. The molecule has 1 aromatic carbocycles. The molecule has 3 heteroatoms. The predicted octanol–water partition coefficient (Wildman–Crippen LogP) is 2.47. The zero-order chi connectivity index (χ0) is 11.0. The van der Waals surface area contributed by atoms with Gasteiger partial charge in [-0.2, -0.15) is 0 Å². The van der Waals surface area contributed by atoms with Crippen LogP contribution in [0.5, 0.6) is 0 Å². The van der Waals surface area contributed by atoms with Crippen molar-refractivity contribution in [3.8, 4) is 0 Å². The molecule has 0 fully saturated rings. The highest BCUT2D eigenvalue weighted by Gasteiger charge is 2.18. The zero-order valence-electron chi connectivity index (χ0n) is 8.86. The third kappa shape index (κ3) is 1.63. The smallest absolute Gasteiger partial charge is 0.123 e. The molecule has 0 spiro atoms. The molecule has 0 bridgehead atoms. The van der Waals surface area contributed by atoms with Crippen LogP contribution in [-0.2, 0) is 13.1 Å². The van der Waals surface area contributed by atoms with Crippen molar-refractivity contribution in [2.75, 3.05) is 0 Å². The van der Waals surface area contributed by atoms with Crippen molar-refractivity contribution in [2.24, 2.45) is 0 Å². The minimum absolute atomic E-state index is 0.179. The van der Waals surface area contributed by atoms with Crippen molar-refractivity contribution in [3.63, 3.8) is 0 Å². The highest BCUT2D eigenvalue weighted by atomic mass is 19.1. The Kier molecular flexibility index (Phi) is 2.26. The third-order valence-corrected chi connectivity index (χ3v) is 3.10. The second-order valence-corrected chi connectivity index (χ2v) is 4.14. The molecule has 1 aromatic heterocycles. The first kappa shape index (κ1) is 9.60. The van der Waals surface area contributed by atoms with Gasteiger partial charge in [0.2, 0.25) is 0 Å². The van der Waals surface area contributed by atoms with E-state index >= 15 is 0 Å². The Hall–Kier alpha value is -1.61. The molecule has 0 unspecified atom stereocenters. The quantitative estimate of drug-likeness (QED) is 0.775. The average molecular weight is 216 g/mol. The molecule has 3 rings (SSSR count). The molecule has 0 amide bonds. The van der Waals surface area contributed by atoms with Crippen LogP contribution in [0.25, 0.3) is 0 Å². The van der Waals surface area contributed by atoms with Crippen LogP contribution in [0.15, 0.2) is 42.6 Å². The molecule has 2 aromatic rings. The van der Waals surface area contributed by atoms with Gasteiger partial charge < -0.3 is 9.88 Å². The number of benzene rings is 1. The number of hydrogen-bond acceptors (Lipinski definition) is 1. The normalized spacial score (nSPS) is 19.4. The Balaban J connectivity index is 1.86. The fraction of sp³-hybridized carbons (Fsp3) is 0.231. The van der Waals surface area contributed by atoms with Crippen LogP contribution in [0.1, 0.15) is 17.3 Å². The summed E-state index contributed by atoms with van der Waals surface area (Å²) < 4.78 is 15.1. The van der Waals surface area contributed by atoms with Gasteiger partial charge in [-0.25, -0.2) is 4.39 Å². The lowest BCUT2D eigenvalue weighted by molar-refractivity contribution is 0.403. The predicted molar refractivity (Wildman–Crippen MR) is 60.4 cm³/mol. The summed E-state index contributed by atoms with van der Waals surface area (Å²) in [5, 5.41) is 3.45. The molecular formula is C13H13FN2. The molecule has 82 valence electrons. The fourth-order valence-corrected chi connectivity index (χ4v) is 2.20. The van der Waals surface area contributed by atoms with Crippen molar-refractivity contribution in [2.45, 2.75) is 19.1 Å². The summed E-state index contributed by atoms with van der Waals surface area (Å²) >= 11 is 0. The molecule has 0 aliphatic carbocycles. The number of fused-ring (bicyclic) bond motifs is 1. The second-order valence-electron chi connectivity index (χ2n) is 4.14. The lowest BCUT2D eigenvalue weighted by Gasteiger charge is -2.26. The van der Waals surface area contributed by atoms with E-state index in [-0.39, 0.29) is 11.9 Å². The van der Waals surface area contributed by atoms with Gasteiger partial charge in [-0.3, -0.25) is 0 Å². The second kappa shape index (κ2) is 3.76. The summed E-state index contributed by atoms with van der Waals surface area (Å²) in [5.74, 6) is -0.179. The Bertz CT molecular complexity index is 487. The Morgan fingerprint density at radius 3 is 2.81 bits per heavy atom. The van der Waals surface area contributed by atoms with Gasteiger partial charge in [-0.05, 0) is 29.8 Å². The summed E-state index contributed by atoms with van der Waals surface area (Å²) in [6, 6.07) is 11.2. The molecule has 1 N–H and O–H groups in total. The number of halogens is 1. The largest absolute Gasteiger partial charge is 0.348 e. The van der Waals surface area contributed by atoms with E-state index in [1.807, 2.05) is 12.1 Å². The van der Waals surface area contributed by atoms with Crippen LogP contribution >= 0.6 is 0 Å². The van der Waals surface area contributed by atoms with Gasteiger partial charge in [-0.1, -0.05) is 12.1 Å². The number of aromatic nitrogens is 1. The van der Waals surface area contributed by atoms with Crippen LogP contribution in [0.2, 0.25) is 0 Å². The minimum Gasteiger partial charge on any atom is -0.348 e. The van der Waals surface area contributed by atoms with E-state index in [1.165, 1.54) is 17.8 Å². The summed E-state index contributed by atoms with van der Waals surface area (Å²) in [6.07, 6.45) is 2.09. The molecule has 16 heavy (non-hydrogen) atoms. The van der Waals surface area contributed by atoms with E-state index in [9.17, 15) is 4.39 Å². The van der Waals surface area contributed by atoms with E-state index in [0.29, 0.717) is 0 Å². The van der Waals surface area contributed by atoms with Gasteiger partial charge >= 0.3 is 0 Å². The molecule has 1 aliphatic heterocycles. The standard InChI is InChI=1S/C13H13FN2/c14-11-5-3-10(4-6-11)13-9-16-7-1-2-12(16)8-15-13/h1-7,13,15H,8-9H2/t13-/m1/s1. The van der Waals surface area contributed by atoms with Crippen LogP contribution in [0.4, 0.5) is 4.39 Å². The summed E-state index contributed by atoms with van der Waals surface area (Å²) in [4.78, 5) is 0. The maximum absolute atomic E-state index is 12.8. The van der Waals surface area contributed by atoms with Crippen molar-refractivity contribution >= 4 is 0 Å². The van der Waals surface area contributed by atoms with Gasteiger partial charge in [0, 0.05) is 25.0 Å². The van der Waals surface area contributed by atoms with Crippen LogP contribution in [-0.4, -0.2) is 4.57 Å². The van der Waals surface area contributed by atoms with Gasteiger partial charge in [0.25, 0.3) is 0 Å². The van der Waals surface area contributed by atoms with Gasteiger partial charge in [0.1, 0.15) is 5.82 Å². The highest BCUT2D eigenvalue weighted by Crippen LogP contribution is 2.21. The van der Waals surface area contributed by atoms with Gasteiger partial charge in [-0.15, -0.1) is 0 Å². The number of hydrogen-bond donors (Lipinski definition) is 1. The van der Waals surface area contributed by atoms with E-state index < -0.39 is 0 Å². The first-order valence-electron chi connectivity index (χ1n) is 5.46. The van der Waals surface area contributed by atoms with E-state index in [0.717, 1.165) is 18.7 Å². The molecule has 0 radical (unpaired) electrons. The van der Waals surface area contributed by atoms with Crippen molar-refractivity contribution in [3.05, 3.63) is 59.7 Å². The summed E-state index contributed by atoms with van der Waals surface area (Å²) in [5.41, 5.74) is 2.44. The van der Waals surface area contributed by atoms with E-state index in [2.05, 4.69) is 28.2 Å². The molecule has 2 heterocycles. The molecule has 0 saturated carbocycles. The van der Waals surface area contributed by atoms with Crippen LogP contribution in [0.3, 0.4) is 0 Å². The summed E-state index contributed by atoms with van der Waals surface area (Å²) in [7, 11) is 0. The lowest BCUT2D eigenvalue weighted by Crippen LogP contribution is -2.31. The van der Waals surface area contributed by atoms with E-state index in [4.69, 9.17) is 0 Å². The molecule has 1 atom stereocenters. The monoisotopic (exact) mass is 216 g/mol. The van der Waals surface area contributed by atoms with Crippen molar-refractivity contribution in [1.82, 2.24) is 9.88 Å². The topological polar surface area (TPSA) is 17.0 Å². The van der Waals surface area contributed by atoms with Gasteiger partial charge in [0.15, 0.2) is 0 Å². The van der Waals surface area contributed by atoms with E-state index in [1.54, 1.807) is 0 Å². The zero-order valence-corrected chi connectivity index (χ0v) is 8.86. The Labute approximate surface area is 93.7 Å². The summed E-state index contributed by atoms with van der Waals surface area (Å²) in [6.45, 7) is 1.78. The fourth-order valence-electron chi connectivity index (χ4n) is 2.20. The number of rotatable bonds is 1. The van der Waals surface area contributed by atoms with Crippen LogP contribution in [0, 0.1) is 5.82 Å². The Morgan fingerprint density at radius 1 is 1.19 bits per heavy atom. The first-order valence-corrected chi connectivity index (χ1v) is 5.46. The number of nitrogens with one attached hydrogen (secondary N) is 1. The van der Waals surface area contributed by atoms with Crippen molar-refractivity contribution < 1.29 is 4.39 Å². The minimum atomic E-state index is -0.179.